The standard InChI is InChI=1S/C16H23NO2/c1-15(2,3)19-14(18)16(10-7-11-17-16)12-13-8-5-4-6-9-13/h4-6,8-9,17H,7,10-12H2,1-3H3/t16-/m0/s1. The van der Waals surface area contributed by atoms with Crippen molar-refractivity contribution in [3.05, 3.63) is 35.9 Å². The van der Waals surface area contributed by atoms with E-state index in [4.69, 9.17) is 4.74 Å². The highest BCUT2D eigenvalue weighted by molar-refractivity contribution is 5.82. The van der Waals surface area contributed by atoms with Crippen molar-refractivity contribution in [1.82, 2.24) is 5.32 Å². The first kappa shape index (κ1) is 14.1. The van der Waals surface area contributed by atoms with E-state index in [2.05, 4.69) is 17.4 Å². The van der Waals surface area contributed by atoms with Crippen molar-refractivity contribution in [2.45, 2.75) is 51.2 Å². The smallest absolute Gasteiger partial charge is 0.327 e. The lowest BCUT2D eigenvalue weighted by molar-refractivity contribution is -0.162. The summed E-state index contributed by atoms with van der Waals surface area (Å²) in [6.07, 6.45) is 2.56. The third kappa shape index (κ3) is 3.57. The molecule has 1 fully saturated rings. The summed E-state index contributed by atoms with van der Waals surface area (Å²) in [4.78, 5) is 12.5. The highest BCUT2D eigenvalue weighted by Crippen LogP contribution is 2.27. The van der Waals surface area contributed by atoms with E-state index >= 15 is 0 Å². The van der Waals surface area contributed by atoms with Crippen molar-refractivity contribution in [3.8, 4) is 0 Å². The van der Waals surface area contributed by atoms with Gasteiger partial charge in [0.05, 0.1) is 0 Å². The number of nitrogens with one attached hydrogen (secondary N) is 1. The van der Waals surface area contributed by atoms with Crippen LogP contribution in [0.4, 0.5) is 0 Å². The van der Waals surface area contributed by atoms with Gasteiger partial charge in [-0.3, -0.25) is 4.79 Å². The van der Waals surface area contributed by atoms with Gasteiger partial charge in [0.25, 0.3) is 0 Å². The largest absolute Gasteiger partial charge is 0.459 e. The molecule has 3 heteroatoms. The summed E-state index contributed by atoms with van der Waals surface area (Å²) in [5, 5.41) is 3.37. The van der Waals surface area contributed by atoms with E-state index in [0.717, 1.165) is 19.4 Å². The van der Waals surface area contributed by atoms with E-state index in [1.54, 1.807) is 0 Å². The van der Waals surface area contributed by atoms with Crippen molar-refractivity contribution in [3.63, 3.8) is 0 Å². The third-order valence-corrected chi connectivity index (χ3v) is 3.38. The minimum atomic E-state index is -0.547. The molecule has 1 atom stereocenters. The minimum Gasteiger partial charge on any atom is -0.459 e. The van der Waals surface area contributed by atoms with E-state index in [1.165, 1.54) is 5.56 Å². The number of ether oxygens (including phenoxy) is 1. The van der Waals surface area contributed by atoms with Crippen LogP contribution < -0.4 is 5.32 Å². The predicted octanol–water partition coefficient (Wildman–Crippen LogP) is 2.69. The molecule has 0 bridgehead atoms. The molecular weight excluding hydrogens is 238 g/mol. The lowest BCUT2D eigenvalue weighted by Crippen LogP contribution is -2.52. The number of esters is 1. The molecule has 19 heavy (non-hydrogen) atoms. The van der Waals surface area contributed by atoms with Crippen molar-refractivity contribution < 1.29 is 9.53 Å². The van der Waals surface area contributed by atoms with Gasteiger partial charge in [-0.1, -0.05) is 30.3 Å². The molecule has 1 saturated heterocycles. The second-order valence-electron chi connectivity index (χ2n) is 6.28. The number of hydrogen-bond acceptors (Lipinski definition) is 3. The summed E-state index contributed by atoms with van der Waals surface area (Å²) in [6, 6.07) is 10.1. The molecule has 1 N–H and O–H groups in total. The molecule has 0 saturated carbocycles. The van der Waals surface area contributed by atoms with Crippen molar-refractivity contribution >= 4 is 5.97 Å². The third-order valence-electron chi connectivity index (χ3n) is 3.38. The summed E-state index contributed by atoms with van der Waals surface area (Å²) in [5.74, 6) is -0.124. The molecule has 104 valence electrons. The second-order valence-corrected chi connectivity index (χ2v) is 6.28. The molecule has 0 aromatic heterocycles. The van der Waals surface area contributed by atoms with Crippen LogP contribution in [0.2, 0.25) is 0 Å². The first-order chi connectivity index (χ1) is 8.91. The van der Waals surface area contributed by atoms with Gasteiger partial charge in [0.15, 0.2) is 0 Å². The Hall–Kier alpha value is -1.35. The predicted molar refractivity (Wildman–Crippen MR) is 76.0 cm³/mol. The Morgan fingerprint density at radius 3 is 2.53 bits per heavy atom. The van der Waals surface area contributed by atoms with Gasteiger partial charge in [-0.15, -0.1) is 0 Å². The maximum Gasteiger partial charge on any atom is 0.327 e. The Labute approximate surface area is 115 Å². The van der Waals surface area contributed by atoms with Gasteiger partial charge in [0.1, 0.15) is 11.1 Å². The minimum absolute atomic E-state index is 0.124. The molecule has 1 aliphatic rings. The zero-order valence-electron chi connectivity index (χ0n) is 12.0. The first-order valence-electron chi connectivity index (χ1n) is 6.94. The fourth-order valence-corrected chi connectivity index (χ4v) is 2.52. The molecule has 0 radical (unpaired) electrons. The Balaban J connectivity index is 2.16. The van der Waals surface area contributed by atoms with Crippen molar-refractivity contribution in [2.24, 2.45) is 0 Å². The summed E-state index contributed by atoms with van der Waals surface area (Å²) < 4.78 is 5.60. The fraction of sp³-hybridized carbons (Fsp3) is 0.562. The van der Waals surface area contributed by atoms with Crippen LogP contribution in [0.1, 0.15) is 39.2 Å². The van der Waals surface area contributed by atoms with Gasteiger partial charge in [-0.05, 0) is 45.7 Å². The Morgan fingerprint density at radius 1 is 1.32 bits per heavy atom. The van der Waals surface area contributed by atoms with Gasteiger partial charge >= 0.3 is 5.97 Å². The number of benzene rings is 1. The Bertz CT molecular complexity index is 428. The molecule has 0 spiro atoms. The van der Waals surface area contributed by atoms with Gasteiger partial charge in [-0.25, -0.2) is 0 Å². The van der Waals surface area contributed by atoms with Crippen LogP contribution in [0, 0.1) is 0 Å². The van der Waals surface area contributed by atoms with Crippen LogP contribution in [0.25, 0.3) is 0 Å². The Morgan fingerprint density at radius 2 is 2.00 bits per heavy atom. The summed E-state index contributed by atoms with van der Waals surface area (Å²) in [6.45, 7) is 6.62. The van der Waals surface area contributed by atoms with Crippen LogP contribution in [0.15, 0.2) is 30.3 Å². The lowest BCUT2D eigenvalue weighted by Gasteiger charge is -2.31. The first-order valence-corrected chi connectivity index (χ1v) is 6.94. The highest BCUT2D eigenvalue weighted by Gasteiger charge is 2.43. The molecule has 3 nitrogen and oxygen atoms in total. The van der Waals surface area contributed by atoms with Gasteiger partial charge in [0, 0.05) is 6.42 Å². The average Bonchev–Trinajstić information content (AvgIpc) is 2.78. The SMILES string of the molecule is CC(C)(C)OC(=O)[C@@]1(Cc2ccccc2)CCCN1. The summed E-state index contributed by atoms with van der Waals surface area (Å²) in [5.41, 5.74) is 0.183. The number of hydrogen-bond donors (Lipinski definition) is 1. The lowest BCUT2D eigenvalue weighted by atomic mass is 9.89. The topological polar surface area (TPSA) is 38.3 Å². The van der Waals surface area contributed by atoms with Crippen LogP contribution in [-0.4, -0.2) is 23.7 Å². The number of carbonyl (C=O) groups is 1. The summed E-state index contributed by atoms with van der Waals surface area (Å²) >= 11 is 0. The monoisotopic (exact) mass is 261 g/mol. The van der Waals surface area contributed by atoms with Crippen molar-refractivity contribution in [2.75, 3.05) is 6.54 Å². The van der Waals surface area contributed by atoms with E-state index in [1.807, 2.05) is 39.0 Å². The highest BCUT2D eigenvalue weighted by atomic mass is 16.6. The fourth-order valence-electron chi connectivity index (χ4n) is 2.52. The zero-order valence-corrected chi connectivity index (χ0v) is 12.0. The quantitative estimate of drug-likeness (QED) is 0.850. The zero-order chi connectivity index (χ0) is 13.9. The normalized spacial score (nSPS) is 23.3. The average molecular weight is 261 g/mol. The van der Waals surface area contributed by atoms with Crippen LogP contribution in [0.3, 0.4) is 0 Å². The summed E-state index contributed by atoms with van der Waals surface area (Å²) in [7, 11) is 0. The van der Waals surface area contributed by atoms with Gasteiger partial charge in [-0.2, -0.15) is 0 Å². The molecule has 0 aliphatic carbocycles. The van der Waals surface area contributed by atoms with E-state index in [-0.39, 0.29) is 5.97 Å². The number of carbonyl (C=O) groups excluding carboxylic acids is 1. The maximum absolute atomic E-state index is 12.5. The molecule has 1 aromatic rings. The molecular formula is C16H23NO2. The second kappa shape index (κ2) is 5.33. The molecule has 0 amide bonds. The van der Waals surface area contributed by atoms with Gasteiger partial charge in [0.2, 0.25) is 0 Å². The van der Waals surface area contributed by atoms with Gasteiger partial charge < -0.3 is 10.1 Å². The van der Waals surface area contributed by atoms with Crippen LogP contribution >= 0.6 is 0 Å². The number of rotatable bonds is 3. The maximum atomic E-state index is 12.5. The van der Waals surface area contributed by atoms with Crippen molar-refractivity contribution in [1.29, 1.82) is 0 Å². The van der Waals surface area contributed by atoms with E-state index in [9.17, 15) is 4.79 Å². The van der Waals surface area contributed by atoms with E-state index in [0.29, 0.717) is 6.42 Å². The molecule has 1 aliphatic heterocycles. The molecule has 2 rings (SSSR count). The van der Waals surface area contributed by atoms with Crippen LogP contribution in [0.5, 0.6) is 0 Å². The molecule has 1 heterocycles. The van der Waals surface area contributed by atoms with E-state index < -0.39 is 11.1 Å². The van der Waals surface area contributed by atoms with Crippen LogP contribution in [-0.2, 0) is 16.0 Å². The Kier molecular flexibility index (Phi) is 3.95. The molecule has 0 unspecified atom stereocenters. The molecule has 1 aromatic carbocycles.